The van der Waals surface area contributed by atoms with Gasteiger partial charge in [0.1, 0.15) is 0 Å². The highest BCUT2D eigenvalue weighted by atomic mass is 14.6. The number of hydrogen-bond donors (Lipinski definition) is 1. The van der Waals surface area contributed by atoms with Gasteiger partial charge in [0.05, 0.1) is 0 Å². The fourth-order valence-corrected chi connectivity index (χ4v) is 3.64. The van der Waals surface area contributed by atoms with Crippen molar-refractivity contribution in [3.8, 4) is 12.3 Å². The number of rotatable bonds is 5. The molecule has 0 aromatic heterocycles. The van der Waals surface area contributed by atoms with Gasteiger partial charge in [-0.25, -0.2) is 0 Å². The van der Waals surface area contributed by atoms with Crippen molar-refractivity contribution in [2.75, 3.05) is 0 Å². The second kappa shape index (κ2) is 5.03. The minimum atomic E-state index is 0.405. The molecule has 4 unspecified atom stereocenters. The molecule has 0 aromatic carbocycles. The molecule has 1 heteroatoms. The fourth-order valence-electron chi connectivity index (χ4n) is 3.64. The molecule has 0 aliphatic heterocycles. The van der Waals surface area contributed by atoms with Crippen LogP contribution in [0.1, 0.15) is 51.4 Å². The summed E-state index contributed by atoms with van der Waals surface area (Å²) in [4.78, 5) is 0. The molecule has 2 aliphatic rings. The molecule has 2 rings (SSSR count). The Balaban J connectivity index is 1.66. The first-order chi connectivity index (χ1) is 7.29. The lowest BCUT2D eigenvalue weighted by Gasteiger charge is -2.24. The third-order valence-electron chi connectivity index (χ3n) is 4.39. The summed E-state index contributed by atoms with van der Waals surface area (Å²) in [6.45, 7) is 0. The minimum Gasteiger partial charge on any atom is -0.328 e. The van der Waals surface area contributed by atoms with Crippen molar-refractivity contribution >= 4 is 0 Å². The lowest BCUT2D eigenvalue weighted by Crippen LogP contribution is -2.25. The van der Waals surface area contributed by atoms with Gasteiger partial charge in [-0.3, -0.25) is 0 Å². The molecule has 2 N–H and O–H groups in total. The maximum atomic E-state index is 6.16. The van der Waals surface area contributed by atoms with E-state index in [9.17, 15) is 0 Å². The van der Waals surface area contributed by atoms with Crippen molar-refractivity contribution in [1.82, 2.24) is 0 Å². The number of fused-ring (bicyclic) bond motifs is 2. The smallest absolute Gasteiger partial charge is 0.00866 e. The van der Waals surface area contributed by atoms with Crippen LogP contribution >= 0.6 is 0 Å². The van der Waals surface area contributed by atoms with Crippen molar-refractivity contribution in [2.24, 2.45) is 23.5 Å². The second-order valence-electron chi connectivity index (χ2n) is 5.53. The third kappa shape index (κ3) is 2.75. The summed E-state index contributed by atoms with van der Waals surface area (Å²) >= 11 is 0. The lowest BCUT2D eigenvalue weighted by molar-refractivity contribution is 0.289. The third-order valence-corrected chi connectivity index (χ3v) is 4.39. The summed E-state index contributed by atoms with van der Waals surface area (Å²) in [6, 6.07) is 0.405. The summed E-state index contributed by atoms with van der Waals surface area (Å²) in [5.41, 5.74) is 6.16. The Morgan fingerprint density at radius 1 is 1.33 bits per heavy atom. The molecule has 2 fully saturated rings. The van der Waals surface area contributed by atoms with Crippen LogP contribution in [0, 0.1) is 30.1 Å². The van der Waals surface area contributed by atoms with Gasteiger partial charge in [0.15, 0.2) is 0 Å². The molecule has 15 heavy (non-hydrogen) atoms. The van der Waals surface area contributed by atoms with Gasteiger partial charge >= 0.3 is 0 Å². The highest BCUT2D eigenvalue weighted by Crippen LogP contribution is 2.49. The molecule has 84 valence electrons. The van der Waals surface area contributed by atoms with Gasteiger partial charge in [0.2, 0.25) is 0 Å². The van der Waals surface area contributed by atoms with Crippen molar-refractivity contribution in [1.29, 1.82) is 0 Å². The summed E-state index contributed by atoms with van der Waals surface area (Å²) in [7, 11) is 0. The first-order valence-corrected chi connectivity index (χ1v) is 6.48. The van der Waals surface area contributed by atoms with Gasteiger partial charge in [0, 0.05) is 12.5 Å². The Bertz CT molecular complexity index is 240. The average molecular weight is 205 g/mol. The molecule has 0 radical (unpaired) electrons. The predicted octanol–water partition coefficient (Wildman–Crippen LogP) is 2.94. The zero-order chi connectivity index (χ0) is 10.7. The van der Waals surface area contributed by atoms with Gasteiger partial charge < -0.3 is 5.73 Å². The molecule has 0 heterocycles. The van der Waals surface area contributed by atoms with Gasteiger partial charge in [-0.05, 0) is 56.3 Å². The molecule has 0 spiro atoms. The van der Waals surface area contributed by atoms with Crippen LogP contribution in [0.4, 0.5) is 0 Å². The van der Waals surface area contributed by atoms with Crippen LogP contribution < -0.4 is 5.73 Å². The van der Waals surface area contributed by atoms with E-state index >= 15 is 0 Å². The van der Waals surface area contributed by atoms with Crippen LogP contribution in [-0.2, 0) is 0 Å². The van der Waals surface area contributed by atoms with Crippen LogP contribution in [-0.4, -0.2) is 6.04 Å². The van der Waals surface area contributed by atoms with Gasteiger partial charge in [-0.15, -0.1) is 12.3 Å². The van der Waals surface area contributed by atoms with E-state index in [4.69, 9.17) is 12.2 Å². The molecular weight excluding hydrogens is 182 g/mol. The molecular formula is C14H23N. The van der Waals surface area contributed by atoms with Crippen LogP contribution in [0.25, 0.3) is 0 Å². The first-order valence-electron chi connectivity index (χ1n) is 6.48. The SMILES string of the molecule is C#CCCCC(N)CC1CC2CCC1C2. The number of terminal acetylenes is 1. The lowest BCUT2D eigenvalue weighted by atomic mass is 9.83. The highest BCUT2D eigenvalue weighted by molar-refractivity contribution is 4.91. The number of nitrogens with two attached hydrogens (primary N) is 1. The molecule has 0 aromatic rings. The molecule has 0 saturated heterocycles. The van der Waals surface area contributed by atoms with Gasteiger partial charge in [0.25, 0.3) is 0 Å². The standard InChI is InChI=1S/C14H23N/c1-2-3-4-5-14(15)10-13-9-11-6-7-12(13)8-11/h1,11-14H,3-10,15H2. The first kappa shape index (κ1) is 11.0. The molecule has 2 aliphatic carbocycles. The van der Waals surface area contributed by atoms with Crippen LogP contribution in [0.15, 0.2) is 0 Å². The van der Waals surface area contributed by atoms with Crippen molar-refractivity contribution in [3.05, 3.63) is 0 Å². The Morgan fingerprint density at radius 3 is 2.80 bits per heavy atom. The van der Waals surface area contributed by atoms with Crippen LogP contribution in [0.2, 0.25) is 0 Å². The Labute approximate surface area is 93.8 Å². The summed E-state index contributed by atoms with van der Waals surface area (Å²) in [6.07, 6.45) is 15.6. The number of hydrogen-bond acceptors (Lipinski definition) is 1. The molecule has 0 amide bonds. The molecule has 2 saturated carbocycles. The van der Waals surface area contributed by atoms with E-state index in [0.29, 0.717) is 6.04 Å². The quantitative estimate of drug-likeness (QED) is 0.542. The van der Waals surface area contributed by atoms with Crippen molar-refractivity contribution < 1.29 is 0 Å². The van der Waals surface area contributed by atoms with E-state index in [1.54, 1.807) is 0 Å². The Hall–Kier alpha value is -0.480. The molecule has 2 bridgehead atoms. The van der Waals surface area contributed by atoms with Crippen LogP contribution in [0.5, 0.6) is 0 Å². The maximum absolute atomic E-state index is 6.16. The summed E-state index contributed by atoms with van der Waals surface area (Å²) in [5, 5.41) is 0. The zero-order valence-electron chi connectivity index (χ0n) is 9.62. The van der Waals surface area contributed by atoms with E-state index in [1.807, 2.05) is 0 Å². The molecule has 4 atom stereocenters. The predicted molar refractivity (Wildman–Crippen MR) is 64.2 cm³/mol. The van der Waals surface area contributed by atoms with E-state index in [0.717, 1.165) is 37.0 Å². The summed E-state index contributed by atoms with van der Waals surface area (Å²) < 4.78 is 0. The van der Waals surface area contributed by atoms with Crippen molar-refractivity contribution in [2.45, 2.75) is 57.4 Å². The van der Waals surface area contributed by atoms with E-state index in [-0.39, 0.29) is 0 Å². The van der Waals surface area contributed by atoms with Crippen LogP contribution in [0.3, 0.4) is 0 Å². The Kier molecular flexibility index (Phi) is 3.70. The maximum Gasteiger partial charge on any atom is 0.00866 e. The second-order valence-corrected chi connectivity index (χ2v) is 5.53. The topological polar surface area (TPSA) is 26.0 Å². The summed E-state index contributed by atoms with van der Waals surface area (Å²) in [5.74, 6) is 5.71. The van der Waals surface area contributed by atoms with E-state index in [1.165, 1.54) is 32.1 Å². The normalized spacial score (nSPS) is 35.3. The fraction of sp³-hybridized carbons (Fsp3) is 0.857. The van der Waals surface area contributed by atoms with Gasteiger partial charge in [-0.2, -0.15) is 0 Å². The molecule has 1 nitrogen and oxygen atoms in total. The monoisotopic (exact) mass is 205 g/mol. The van der Waals surface area contributed by atoms with E-state index < -0.39 is 0 Å². The largest absolute Gasteiger partial charge is 0.328 e. The Morgan fingerprint density at radius 2 is 2.20 bits per heavy atom. The number of unbranched alkanes of at least 4 members (excludes halogenated alkanes) is 1. The average Bonchev–Trinajstić information content (AvgIpc) is 2.79. The van der Waals surface area contributed by atoms with E-state index in [2.05, 4.69) is 5.92 Å². The van der Waals surface area contributed by atoms with Gasteiger partial charge in [-0.1, -0.05) is 6.42 Å². The zero-order valence-corrected chi connectivity index (χ0v) is 9.62. The minimum absolute atomic E-state index is 0.405. The van der Waals surface area contributed by atoms with Crippen molar-refractivity contribution in [3.63, 3.8) is 0 Å². The highest BCUT2D eigenvalue weighted by Gasteiger charge is 2.39.